The molecular weight excluding hydrogens is 298 g/mol. The topological polar surface area (TPSA) is 72.0 Å². The van der Waals surface area contributed by atoms with Gasteiger partial charge >= 0.3 is 0 Å². The van der Waals surface area contributed by atoms with E-state index in [0.29, 0.717) is 5.92 Å². The van der Waals surface area contributed by atoms with Gasteiger partial charge in [0.1, 0.15) is 0 Å². The second-order valence-corrected chi connectivity index (χ2v) is 7.94. The summed E-state index contributed by atoms with van der Waals surface area (Å²) in [5.74, 6) is 0.464. The average molecular weight is 317 g/mol. The fraction of sp³-hybridized carbons (Fsp3) is 0.375. The summed E-state index contributed by atoms with van der Waals surface area (Å²) in [6, 6.07) is 6.73. The predicted octanol–water partition coefficient (Wildman–Crippen LogP) is 2.53. The lowest BCUT2D eigenvalue weighted by Gasteiger charge is -2.20. The summed E-state index contributed by atoms with van der Waals surface area (Å²) in [5, 5.41) is 3.29. The molecule has 116 valence electrons. The molecule has 2 aromatic rings. The molecule has 0 radical (unpaired) electrons. The minimum absolute atomic E-state index is 0.145. The Morgan fingerprint density at radius 2 is 1.91 bits per heavy atom. The first kappa shape index (κ1) is 15.0. The van der Waals surface area contributed by atoms with Gasteiger partial charge in [0.15, 0.2) is 0 Å². The third kappa shape index (κ3) is 2.83. The van der Waals surface area contributed by atoms with E-state index in [1.807, 2.05) is 0 Å². The summed E-state index contributed by atoms with van der Waals surface area (Å²) < 4.78 is 22.8. The maximum Gasteiger partial charge on any atom is 0.246 e. The molecule has 0 spiro atoms. The number of aryl methyl sites for hydroxylation is 1. The van der Waals surface area contributed by atoms with Crippen LogP contribution in [0.5, 0.6) is 0 Å². The molecule has 2 atom stereocenters. The predicted molar refractivity (Wildman–Crippen MR) is 85.6 cm³/mol. The van der Waals surface area contributed by atoms with Gasteiger partial charge in [0.05, 0.1) is 24.1 Å². The summed E-state index contributed by atoms with van der Waals surface area (Å²) in [7, 11) is -3.36. The van der Waals surface area contributed by atoms with Crippen molar-refractivity contribution < 1.29 is 8.42 Å². The fourth-order valence-electron chi connectivity index (χ4n) is 2.94. The van der Waals surface area contributed by atoms with Crippen molar-refractivity contribution in [3.8, 4) is 0 Å². The Morgan fingerprint density at radius 1 is 1.23 bits per heavy atom. The van der Waals surface area contributed by atoms with Crippen molar-refractivity contribution in [1.29, 1.82) is 0 Å². The van der Waals surface area contributed by atoms with Crippen LogP contribution in [-0.2, 0) is 16.3 Å². The lowest BCUT2D eigenvalue weighted by molar-refractivity contribution is 0.541. The molecule has 1 aliphatic rings. The molecule has 0 bridgehead atoms. The maximum absolute atomic E-state index is 11.4. The highest BCUT2D eigenvalue weighted by molar-refractivity contribution is 7.90. The van der Waals surface area contributed by atoms with Crippen LogP contribution in [0.4, 0.5) is 5.69 Å². The summed E-state index contributed by atoms with van der Waals surface area (Å²) in [6.07, 6.45) is 5.21. The molecule has 1 aromatic heterocycles. The average Bonchev–Trinajstić information content (AvgIpc) is 2.75. The van der Waals surface area contributed by atoms with Crippen LogP contribution in [0.15, 0.2) is 35.7 Å². The number of rotatable bonds is 3. The number of hydrogen-bond acceptors (Lipinski definition) is 5. The number of hydrogen-bond donors (Lipinski definition) is 1. The zero-order valence-corrected chi connectivity index (χ0v) is 13.7. The molecule has 0 aliphatic heterocycles. The van der Waals surface area contributed by atoms with E-state index in [4.69, 9.17) is 0 Å². The van der Waals surface area contributed by atoms with Crippen molar-refractivity contribution >= 4 is 15.5 Å². The quantitative estimate of drug-likeness (QED) is 0.881. The van der Waals surface area contributed by atoms with Gasteiger partial charge in [0.2, 0.25) is 15.0 Å². The van der Waals surface area contributed by atoms with Crippen molar-refractivity contribution in [2.45, 2.75) is 31.5 Å². The second kappa shape index (κ2) is 5.35. The van der Waals surface area contributed by atoms with Crippen LogP contribution in [0.25, 0.3) is 0 Å². The van der Waals surface area contributed by atoms with E-state index in [-0.39, 0.29) is 11.2 Å². The molecule has 1 heterocycles. The van der Waals surface area contributed by atoms with E-state index in [9.17, 15) is 8.42 Å². The Balaban J connectivity index is 1.86. The molecule has 5 nitrogen and oxygen atoms in total. The maximum atomic E-state index is 11.4. The van der Waals surface area contributed by atoms with Crippen LogP contribution >= 0.6 is 0 Å². The monoisotopic (exact) mass is 317 g/mol. The van der Waals surface area contributed by atoms with Gasteiger partial charge in [-0.3, -0.25) is 0 Å². The largest absolute Gasteiger partial charge is 0.375 e. The lowest BCUT2D eigenvalue weighted by atomic mass is 10.0. The van der Waals surface area contributed by atoms with Crippen LogP contribution in [0.1, 0.15) is 29.7 Å². The van der Waals surface area contributed by atoms with Crippen molar-refractivity contribution in [1.82, 2.24) is 9.97 Å². The van der Waals surface area contributed by atoms with Crippen LogP contribution in [-0.4, -0.2) is 24.6 Å². The van der Waals surface area contributed by atoms with Gasteiger partial charge in [0.25, 0.3) is 0 Å². The Labute approximate surface area is 130 Å². The number of anilines is 1. The number of benzene rings is 1. The van der Waals surface area contributed by atoms with Gasteiger partial charge in [-0.2, -0.15) is 0 Å². The van der Waals surface area contributed by atoms with E-state index in [0.717, 1.165) is 18.4 Å². The van der Waals surface area contributed by atoms with Crippen molar-refractivity contribution in [2.24, 2.45) is 5.92 Å². The van der Waals surface area contributed by atoms with Crippen LogP contribution < -0.4 is 5.32 Å². The van der Waals surface area contributed by atoms with Gasteiger partial charge in [-0.05, 0) is 30.4 Å². The van der Waals surface area contributed by atoms with Crippen molar-refractivity contribution in [3.63, 3.8) is 0 Å². The lowest BCUT2D eigenvalue weighted by Crippen LogP contribution is -2.15. The molecule has 3 rings (SSSR count). The van der Waals surface area contributed by atoms with E-state index in [1.54, 1.807) is 0 Å². The molecular formula is C16H19N3O2S. The summed E-state index contributed by atoms with van der Waals surface area (Å²) in [6.45, 7) is 4.29. The number of nitrogens with one attached hydrogen (secondary N) is 1. The molecule has 1 N–H and O–H groups in total. The van der Waals surface area contributed by atoms with Crippen LogP contribution in [0.2, 0.25) is 0 Å². The highest BCUT2D eigenvalue weighted by Crippen LogP contribution is 2.38. The molecule has 0 fully saturated rings. The van der Waals surface area contributed by atoms with Crippen molar-refractivity contribution in [2.75, 3.05) is 11.6 Å². The first-order chi connectivity index (χ1) is 10.3. The Hall–Kier alpha value is -1.95. The molecule has 1 aromatic carbocycles. The molecule has 6 heteroatoms. The normalized spacial score (nSPS) is 20.7. The summed E-state index contributed by atoms with van der Waals surface area (Å²) >= 11 is 0. The van der Waals surface area contributed by atoms with Gasteiger partial charge in [-0.25, -0.2) is 18.4 Å². The van der Waals surface area contributed by atoms with Gasteiger partial charge in [0, 0.05) is 6.26 Å². The highest BCUT2D eigenvalue weighted by Gasteiger charge is 2.29. The van der Waals surface area contributed by atoms with E-state index in [2.05, 4.69) is 47.3 Å². The molecule has 0 saturated carbocycles. The zero-order chi connectivity index (χ0) is 15.9. The summed E-state index contributed by atoms with van der Waals surface area (Å²) in [4.78, 5) is 7.86. The van der Waals surface area contributed by atoms with E-state index >= 15 is 0 Å². The zero-order valence-electron chi connectivity index (χ0n) is 12.9. The fourth-order valence-corrected chi connectivity index (χ4v) is 3.43. The van der Waals surface area contributed by atoms with E-state index < -0.39 is 9.84 Å². The van der Waals surface area contributed by atoms with E-state index in [1.165, 1.54) is 29.1 Å². The standard InChI is InChI=1S/C16H19N3O2S/c1-10-4-5-12-7-11(2)15(14(12)6-10)19-13-8-17-16(18-9-13)22(3,20)21/h4-6,8-9,11,15,19H,7H2,1-3H3/t11-,15+/m0/s1. The molecule has 22 heavy (non-hydrogen) atoms. The van der Waals surface area contributed by atoms with Crippen molar-refractivity contribution in [3.05, 3.63) is 47.3 Å². The SMILES string of the molecule is Cc1ccc2c(c1)[C@H](Nc1cnc(S(C)(=O)=O)nc1)[C@@H](C)C2. The first-order valence-corrected chi connectivity index (χ1v) is 9.12. The van der Waals surface area contributed by atoms with Crippen LogP contribution in [0, 0.1) is 12.8 Å². The van der Waals surface area contributed by atoms with Gasteiger partial charge in [-0.1, -0.05) is 30.7 Å². The highest BCUT2D eigenvalue weighted by atomic mass is 32.2. The number of sulfone groups is 1. The minimum Gasteiger partial charge on any atom is -0.375 e. The number of nitrogens with zero attached hydrogens (tertiary/aromatic N) is 2. The van der Waals surface area contributed by atoms with Gasteiger partial charge < -0.3 is 5.32 Å². The van der Waals surface area contributed by atoms with Crippen LogP contribution in [0.3, 0.4) is 0 Å². The Morgan fingerprint density at radius 3 is 2.55 bits per heavy atom. The number of aromatic nitrogens is 2. The third-order valence-corrected chi connectivity index (χ3v) is 4.90. The molecule has 1 aliphatic carbocycles. The smallest absolute Gasteiger partial charge is 0.246 e. The number of fused-ring (bicyclic) bond motifs is 1. The molecule has 0 saturated heterocycles. The third-order valence-electron chi connectivity index (χ3n) is 4.03. The molecule has 0 unspecified atom stereocenters. The molecule has 0 amide bonds. The van der Waals surface area contributed by atoms with Gasteiger partial charge in [-0.15, -0.1) is 0 Å². The Bertz CT molecular complexity index is 801. The minimum atomic E-state index is -3.36. The second-order valence-electron chi connectivity index (χ2n) is 6.03. The first-order valence-electron chi connectivity index (χ1n) is 7.22. The summed E-state index contributed by atoms with van der Waals surface area (Å²) in [5.41, 5.74) is 4.64. The Kier molecular flexibility index (Phi) is 3.64.